The minimum Gasteiger partial charge on any atom is -0.316 e. The monoisotopic (exact) mass is 175 g/mol. The summed E-state index contributed by atoms with van der Waals surface area (Å²) in [6, 6.07) is 1.87. The predicted octanol–water partition coefficient (Wildman–Crippen LogP) is 1.20. The average molecular weight is 175 g/mol. The van der Waals surface area contributed by atoms with Gasteiger partial charge in [0.15, 0.2) is 0 Å². The molecule has 0 radical (unpaired) electrons. The zero-order valence-corrected chi connectivity index (χ0v) is 7.53. The number of hydrogen-bond donors (Lipinski definition) is 1. The van der Waals surface area contributed by atoms with Gasteiger partial charge in [-0.3, -0.25) is 0 Å². The van der Waals surface area contributed by atoms with Gasteiger partial charge in [-0.05, 0) is 25.1 Å². The SMILES string of the molecule is C=Cc1ccnc(C2CCNC2)n1. The Bertz CT molecular complexity index is 303. The van der Waals surface area contributed by atoms with Gasteiger partial charge in [0.05, 0.1) is 5.69 Å². The van der Waals surface area contributed by atoms with Crippen LogP contribution in [0.2, 0.25) is 0 Å². The van der Waals surface area contributed by atoms with Crippen molar-refractivity contribution in [3.8, 4) is 0 Å². The van der Waals surface area contributed by atoms with E-state index in [1.807, 2.05) is 6.07 Å². The Kier molecular flexibility index (Phi) is 2.36. The van der Waals surface area contributed by atoms with E-state index in [1.165, 1.54) is 0 Å². The molecule has 0 aliphatic carbocycles. The van der Waals surface area contributed by atoms with Crippen LogP contribution in [0.25, 0.3) is 6.08 Å². The van der Waals surface area contributed by atoms with Crippen LogP contribution in [0.3, 0.4) is 0 Å². The molecule has 13 heavy (non-hydrogen) atoms. The Morgan fingerprint density at radius 1 is 1.62 bits per heavy atom. The third-order valence-corrected chi connectivity index (χ3v) is 2.33. The Morgan fingerprint density at radius 3 is 3.23 bits per heavy atom. The van der Waals surface area contributed by atoms with Crippen molar-refractivity contribution in [1.29, 1.82) is 0 Å². The van der Waals surface area contributed by atoms with E-state index in [-0.39, 0.29) is 0 Å². The first-order valence-electron chi connectivity index (χ1n) is 4.56. The lowest BCUT2D eigenvalue weighted by atomic mass is 10.1. The summed E-state index contributed by atoms with van der Waals surface area (Å²) in [5.41, 5.74) is 0.914. The van der Waals surface area contributed by atoms with E-state index in [1.54, 1.807) is 12.3 Å². The molecule has 0 amide bonds. The summed E-state index contributed by atoms with van der Waals surface area (Å²) in [7, 11) is 0. The maximum Gasteiger partial charge on any atom is 0.133 e. The largest absolute Gasteiger partial charge is 0.316 e. The Morgan fingerprint density at radius 2 is 2.54 bits per heavy atom. The molecule has 1 aliphatic rings. The molecule has 68 valence electrons. The lowest BCUT2D eigenvalue weighted by molar-refractivity contribution is 0.700. The first-order chi connectivity index (χ1) is 6.40. The van der Waals surface area contributed by atoms with Gasteiger partial charge < -0.3 is 5.32 Å². The van der Waals surface area contributed by atoms with Crippen molar-refractivity contribution >= 4 is 6.08 Å². The van der Waals surface area contributed by atoms with Crippen LogP contribution in [0.15, 0.2) is 18.8 Å². The van der Waals surface area contributed by atoms with E-state index < -0.39 is 0 Å². The molecule has 1 aliphatic heterocycles. The molecule has 1 saturated heterocycles. The molecule has 1 aromatic rings. The molecule has 2 heterocycles. The van der Waals surface area contributed by atoms with Crippen molar-refractivity contribution in [3.05, 3.63) is 30.4 Å². The van der Waals surface area contributed by atoms with Crippen molar-refractivity contribution in [2.45, 2.75) is 12.3 Å². The van der Waals surface area contributed by atoms with Gasteiger partial charge in [0.2, 0.25) is 0 Å². The topological polar surface area (TPSA) is 37.8 Å². The highest BCUT2D eigenvalue weighted by molar-refractivity contribution is 5.40. The molecular weight excluding hydrogens is 162 g/mol. The summed E-state index contributed by atoms with van der Waals surface area (Å²) in [6.45, 7) is 5.77. The minimum absolute atomic E-state index is 0.486. The molecule has 3 heteroatoms. The first-order valence-corrected chi connectivity index (χ1v) is 4.56. The molecule has 1 fully saturated rings. The van der Waals surface area contributed by atoms with E-state index in [2.05, 4.69) is 21.9 Å². The van der Waals surface area contributed by atoms with Gasteiger partial charge in [-0.2, -0.15) is 0 Å². The number of hydrogen-bond acceptors (Lipinski definition) is 3. The van der Waals surface area contributed by atoms with Crippen LogP contribution < -0.4 is 5.32 Å². The second-order valence-electron chi connectivity index (χ2n) is 3.23. The molecule has 1 N–H and O–H groups in total. The summed E-state index contributed by atoms with van der Waals surface area (Å²) in [6.07, 6.45) is 4.70. The van der Waals surface area contributed by atoms with Gasteiger partial charge in [0.25, 0.3) is 0 Å². The quantitative estimate of drug-likeness (QED) is 0.733. The Balaban J connectivity index is 2.23. The van der Waals surface area contributed by atoms with Crippen LogP contribution in [0.1, 0.15) is 23.9 Å². The number of nitrogens with one attached hydrogen (secondary N) is 1. The normalized spacial score (nSPS) is 21.7. The first kappa shape index (κ1) is 8.38. The minimum atomic E-state index is 0.486. The number of aromatic nitrogens is 2. The highest BCUT2D eigenvalue weighted by Gasteiger charge is 2.18. The fourth-order valence-corrected chi connectivity index (χ4v) is 1.57. The van der Waals surface area contributed by atoms with Crippen molar-refractivity contribution < 1.29 is 0 Å². The van der Waals surface area contributed by atoms with Crippen molar-refractivity contribution in [1.82, 2.24) is 15.3 Å². The zero-order valence-electron chi connectivity index (χ0n) is 7.53. The highest BCUT2D eigenvalue weighted by atomic mass is 15.0. The molecule has 0 bridgehead atoms. The van der Waals surface area contributed by atoms with Gasteiger partial charge >= 0.3 is 0 Å². The standard InChI is InChI=1S/C10H13N3/c1-2-9-4-6-12-10(13-9)8-3-5-11-7-8/h2,4,6,8,11H,1,3,5,7H2. The van der Waals surface area contributed by atoms with Gasteiger partial charge in [-0.25, -0.2) is 9.97 Å². The van der Waals surface area contributed by atoms with Crippen molar-refractivity contribution in [2.24, 2.45) is 0 Å². The fraction of sp³-hybridized carbons (Fsp3) is 0.400. The van der Waals surface area contributed by atoms with Crippen LogP contribution in [-0.2, 0) is 0 Å². The van der Waals surface area contributed by atoms with E-state index >= 15 is 0 Å². The summed E-state index contributed by atoms with van der Waals surface area (Å²) in [4.78, 5) is 8.67. The van der Waals surface area contributed by atoms with Gasteiger partial charge in [0.1, 0.15) is 5.82 Å². The molecule has 0 saturated carbocycles. The third-order valence-electron chi connectivity index (χ3n) is 2.33. The van der Waals surface area contributed by atoms with Crippen LogP contribution in [0.5, 0.6) is 0 Å². The Labute approximate surface area is 77.9 Å². The van der Waals surface area contributed by atoms with E-state index in [0.29, 0.717) is 5.92 Å². The highest BCUT2D eigenvalue weighted by Crippen LogP contribution is 2.18. The lowest BCUT2D eigenvalue weighted by Crippen LogP contribution is -2.10. The summed E-state index contributed by atoms with van der Waals surface area (Å²) in [5, 5.41) is 3.30. The molecule has 2 rings (SSSR count). The lowest BCUT2D eigenvalue weighted by Gasteiger charge is -2.06. The average Bonchev–Trinajstić information content (AvgIpc) is 2.71. The van der Waals surface area contributed by atoms with Gasteiger partial charge in [-0.15, -0.1) is 0 Å². The zero-order chi connectivity index (χ0) is 9.10. The van der Waals surface area contributed by atoms with Gasteiger partial charge in [-0.1, -0.05) is 6.58 Å². The van der Waals surface area contributed by atoms with Crippen LogP contribution in [0, 0.1) is 0 Å². The van der Waals surface area contributed by atoms with Crippen LogP contribution in [-0.4, -0.2) is 23.1 Å². The van der Waals surface area contributed by atoms with Crippen molar-refractivity contribution in [3.63, 3.8) is 0 Å². The molecule has 0 aromatic carbocycles. The van der Waals surface area contributed by atoms with Gasteiger partial charge in [0, 0.05) is 18.7 Å². The van der Waals surface area contributed by atoms with E-state index in [9.17, 15) is 0 Å². The van der Waals surface area contributed by atoms with Crippen LogP contribution >= 0.6 is 0 Å². The summed E-state index contributed by atoms with van der Waals surface area (Å²) < 4.78 is 0. The molecule has 0 spiro atoms. The summed E-state index contributed by atoms with van der Waals surface area (Å²) >= 11 is 0. The predicted molar refractivity (Wildman–Crippen MR) is 52.4 cm³/mol. The second kappa shape index (κ2) is 3.66. The van der Waals surface area contributed by atoms with E-state index in [4.69, 9.17) is 0 Å². The third kappa shape index (κ3) is 1.75. The molecule has 1 aromatic heterocycles. The summed E-state index contributed by atoms with van der Waals surface area (Å²) in [5.74, 6) is 1.43. The maximum atomic E-state index is 4.40. The van der Waals surface area contributed by atoms with Crippen LogP contribution in [0.4, 0.5) is 0 Å². The van der Waals surface area contributed by atoms with E-state index in [0.717, 1.165) is 31.0 Å². The number of rotatable bonds is 2. The molecule has 3 nitrogen and oxygen atoms in total. The Hall–Kier alpha value is -1.22. The molecular formula is C10H13N3. The maximum absolute atomic E-state index is 4.40. The smallest absolute Gasteiger partial charge is 0.133 e. The van der Waals surface area contributed by atoms with Crippen molar-refractivity contribution in [2.75, 3.05) is 13.1 Å². The number of nitrogens with zero attached hydrogens (tertiary/aromatic N) is 2. The fourth-order valence-electron chi connectivity index (χ4n) is 1.57. The molecule has 1 unspecified atom stereocenters. The molecule has 1 atom stereocenters. The second-order valence-corrected chi connectivity index (χ2v) is 3.23.